The summed E-state index contributed by atoms with van der Waals surface area (Å²) in [6, 6.07) is 15.2. The third kappa shape index (κ3) is 4.30. The molecule has 4 aromatic rings. The van der Waals surface area contributed by atoms with Crippen molar-refractivity contribution in [1.82, 2.24) is 14.9 Å². The van der Waals surface area contributed by atoms with Crippen molar-refractivity contribution in [1.29, 1.82) is 0 Å². The molecule has 2 aromatic heterocycles. The summed E-state index contributed by atoms with van der Waals surface area (Å²) in [5.74, 6) is 1.42. The Balaban J connectivity index is 1.25. The highest BCUT2D eigenvalue weighted by Gasteiger charge is 2.23. The molecule has 6 rings (SSSR count). The van der Waals surface area contributed by atoms with Crippen LogP contribution in [0.4, 0.5) is 0 Å². The first kappa shape index (κ1) is 22.2. The molecule has 0 unspecified atom stereocenters. The van der Waals surface area contributed by atoms with E-state index in [1.54, 1.807) is 15.9 Å². The zero-order valence-electron chi connectivity index (χ0n) is 18.9. The first-order valence-electron chi connectivity index (χ1n) is 11.6. The minimum Gasteiger partial charge on any atom is -0.454 e. The van der Waals surface area contributed by atoms with Crippen molar-refractivity contribution < 1.29 is 14.3 Å². The zero-order valence-corrected chi connectivity index (χ0v) is 20.5. The van der Waals surface area contributed by atoms with Crippen LogP contribution in [0.2, 0.25) is 0 Å². The highest BCUT2D eigenvalue weighted by atomic mass is 32.2. The van der Waals surface area contributed by atoms with Gasteiger partial charge in [0.05, 0.1) is 16.8 Å². The van der Waals surface area contributed by atoms with Crippen LogP contribution in [-0.4, -0.2) is 28.0 Å². The molecule has 3 heterocycles. The maximum absolute atomic E-state index is 13.7. The molecule has 0 spiro atoms. The van der Waals surface area contributed by atoms with Crippen LogP contribution in [0.1, 0.15) is 28.8 Å². The molecule has 2 aliphatic rings. The molecule has 0 fully saturated rings. The Kier molecular flexibility index (Phi) is 5.95. The molecule has 0 atom stereocenters. The van der Waals surface area contributed by atoms with Crippen molar-refractivity contribution in [3.05, 3.63) is 74.9 Å². The minimum absolute atomic E-state index is 0.0520. The molecular formula is C26H23N3O4S2. The number of carbonyl (C=O) groups excluding carboxylic acids is 1. The maximum atomic E-state index is 13.7. The summed E-state index contributed by atoms with van der Waals surface area (Å²) in [6.07, 6.45) is 4.18. The number of nitrogens with one attached hydrogen (secondary N) is 1. The van der Waals surface area contributed by atoms with Crippen LogP contribution >= 0.6 is 23.1 Å². The molecule has 9 heteroatoms. The van der Waals surface area contributed by atoms with Gasteiger partial charge in [0, 0.05) is 11.4 Å². The third-order valence-electron chi connectivity index (χ3n) is 6.23. The Morgan fingerprint density at radius 1 is 1.09 bits per heavy atom. The van der Waals surface area contributed by atoms with Gasteiger partial charge in [0.2, 0.25) is 12.7 Å². The molecule has 0 bridgehead atoms. The average Bonchev–Trinajstić information content (AvgIpc) is 3.50. The smallest absolute Gasteiger partial charge is 0.267 e. The molecule has 0 saturated heterocycles. The van der Waals surface area contributed by atoms with Crippen LogP contribution in [-0.2, 0) is 24.2 Å². The summed E-state index contributed by atoms with van der Waals surface area (Å²) in [4.78, 5) is 33.3. The Morgan fingerprint density at radius 3 is 2.80 bits per heavy atom. The summed E-state index contributed by atoms with van der Waals surface area (Å²) >= 11 is 2.91. The number of nitrogens with zero attached hydrogens (tertiary/aromatic N) is 2. The molecule has 1 N–H and O–H groups in total. The van der Waals surface area contributed by atoms with Gasteiger partial charge in [-0.3, -0.25) is 14.2 Å². The fourth-order valence-corrected chi connectivity index (χ4v) is 6.67. The van der Waals surface area contributed by atoms with Crippen LogP contribution in [0.25, 0.3) is 15.9 Å². The fraction of sp³-hybridized carbons (Fsp3) is 0.269. The summed E-state index contributed by atoms with van der Waals surface area (Å²) in [6.45, 7) is 0.598. The van der Waals surface area contributed by atoms with Gasteiger partial charge in [0.25, 0.3) is 5.56 Å². The first-order valence-corrected chi connectivity index (χ1v) is 13.4. The molecule has 178 valence electrons. The molecule has 2 aromatic carbocycles. The van der Waals surface area contributed by atoms with E-state index in [4.69, 9.17) is 14.5 Å². The van der Waals surface area contributed by atoms with Crippen LogP contribution < -0.4 is 20.3 Å². The predicted molar refractivity (Wildman–Crippen MR) is 137 cm³/mol. The van der Waals surface area contributed by atoms with Crippen molar-refractivity contribution in [3.63, 3.8) is 0 Å². The third-order valence-corrected chi connectivity index (χ3v) is 8.36. The normalized spacial score (nSPS) is 14.2. The second-order valence-electron chi connectivity index (χ2n) is 8.51. The zero-order chi connectivity index (χ0) is 23.8. The van der Waals surface area contributed by atoms with Gasteiger partial charge in [-0.2, -0.15) is 0 Å². The summed E-state index contributed by atoms with van der Waals surface area (Å²) < 4.78 is 12.4. The lowest BCUT2D eigenvalue weighted by Crippen LogP contribution is -2.26. The number of hydrogen-bond donors (Lipinski definition) is 1. The standard InChI is InChI=1S/C26H23N3O4S2/c30-22(27-13-16-10-11-19-20(12-16)33-15-32-19)14-34-26-28-24-23(18-8-4-5-9-21(18)35-24)25(31)29(26)17-6-2-1-3-7-17/h1-3,6-7,10-12H,4-5,8-9,13-15H2,(H,27,30). The molecular weight excluding hydrogens is 482 g/mol. The topological polar surface area (TPSA) is 82.5 Å². The molecule has 1 amide bonds. The number of hydrogen-bond acceptors (Lipinski definition) is 7. The number of thiophene rings is 1. The number of carbonyl (C=O) groups is 1. The van der Waals surface area contributed by atoms with Gasteiger partial charge in [-0.1, -0.05) is 36.0 Å². The largest absolute Gasteiger partial charge is 0.454 e. The van der Waals surface area contributed by atoms with Crippen molar-refractivity contribution in [2.45, 2.75) is 37.4 Å². The summed E-state index contributed by atoms with van der Waals surface area (Å²) in [7, 11) is 0. The Bertz CT molecular complexity index is 1480. The van der Waals surface area contributed by atoms with Gasteiger partial charge in [-0.15, -0.1) is 11.3 Å². The van der Waals surface area contributed by atoms with E-state index in [0.29, 0.717) is 23.2 Å². The Hall–Kier alpha value is -3.30. The quantitative estimate of drug-likeness (QED) is 0.308. The second-order valence-corrected chi connectivity index (χ2v) is 10.5. The second kappa shape index (κ2) is 9.39. The van der Waals surface area contributed by atoms with E-state index >= 15 is 0 Å². The van der Waals surface area contributed by atoms with Crippen molar-refractivity contribution >= 4 is 39.2 Å². The van der Waals surface area contributed by atoms with E-state index < -0.39 is 0 Å². The van der Waals surface area contributed by atoms with E-state index in [0.717, 1.165) is 52.7 Å². The van der Waals surface area contributed by atoms with Crippen LogP contribution in [0.3, 0.4) is 0 Å². The number of para-hydroxylation sites is 1. The molecule has 1 aliphatic heterocycles. The number of ether oxygens (including phenoxy) is 2. The van der Waals surface area contributed by atoms with Crippen LogP contribution in [0, 0.1) is 0 Å². The lowest BCUT2D eigenvalue weighted by molar-refractivity contribution is -0.118. The van der Waals surface area contributed by atoms with E-state index in [1.807, 2.05) is 48.5 Å². The number of thioether (sulfide) groups is 1. The highest BCUT2D eigenvalue weighted by molar-refractivity contribution is 7.99. The summed E-state index contributed by atoms with van der Waals surface area (Å²) in [5, 5.41) is 4.22. The van der Waals surface area contributed by atoms with E-state index in [2.05, 4.69) is 5.32 Å². The number of fused-ring (bicyclic) bond motifs is 4. The number of rotatable bonds is 6. The summed E-state index contributed by atoms with van der Waals surface area (Å²) in [5.41, 5.74) is 2.80. The average molecular weight is 506 g/mol. The lowest BCUT2D eigenvalue weighted by atomic mass is 9.97. The van der Waals surface area contributed by atoms with Gasteiger partial charge in [0.1, 0.15) is 4.83 Å². The monoisotopic (exact) mass is 505 g/mol. The predicted octanol–water partition coefficient (Wildman–Crippen LogP) is 4.46. The molecule has 0 radical (unpaired) electrons. The van der Waals surface area contributed by atoms with Gasteiger partial charge >= 0.3 is 0 Å². The van der Waals surface area contributed by atoms with E-state index in [-0.39, 0.29) is 24.0 Å². The maximum Gasteiger partial charge on any atom is 0.267 e. The van der Waals surface area contributed by atoms with E-state index in [9.17, 15) is 9.59 Å². The SMILES string of the molecule is O=C(CSc1nc2sc3c(c2c(=O)n1-c1ccccc1)CCCC3)NCc1ccc2c(c1)OCO2. The van der Waals surface area contributed by atoms with Gasteiger partial charge in [-0.25, -0.2) is 4.98 Å². The lowest BCUT2D eigenvalue weighted by Gasteiger charge is -2.13. The van der Waals surface area contributed by atoms with Crippen LogP contribution in [0.15, 0.2) is 58.5 Å². The van der Waals surface area contributed by atoms with Crippen molar-refractivity contribution in [3.8, 4) is 17.2 Å². The van der Waals surface area contributed by atoms with Gasteiger partial charge in [0.15, 0.2) is 16.7 Å². The molecule has 7 nitrogen and oxygen atoms in total. The molecule has 1 aliphatic carbocycles. The fourth-order valence-electron chi connectivity index (χ4n) is 4.52. The Morgan fingerprint density at radius 2 is 1.91 bits per heavy atom. The van der Waals surface area contributed by atoms with Crippen molar-refractivity contribution in [2.24, 2.45) is 0 Å². The number of aryl methyl sites for hydroxylation is 2. The minimum atomic E-state index is -0.132. The van der Waals surface area contributed by atoms with E-state index in [1.165, 1.54) is 16.6 Å². The van der Waals surface area contributed by atoms with Crippen molar-refractivity contribution in [2.75, 3.05) is 12.5 Å². The highest BCUT2D eigenvalue weighted by Crippen LogP contribution is 2.35. The Labute approximate surface area is 210 Å². The van der Waals surface area contributed by atoms with Crippen LogP contribution in [0.5, 0.6) is 11.5 Å². The number of benzene rings is 2. The number of aromatic nitrogens is 2. The van der Waals surface area contributed by atoms with Gasteiger partial charge in [-0.05, 0) is 61.1 Å². The molecule has 0 saturated carbocycles. The van der Waals surface area contributed by atoms with Gasteiger partial charge < -0.3 is 14.8 Å². The number of amides is 1. The molecule has 35 heavy (non-hydrogen) atoms. The first-order chi connectivity index (χ1) is 17.2.